The van der Waals surface area contributed by atoms with Gasteiger partial charge in [0.05, 0.1) is 18.2 Å². The average Bonchev–Trinajstić information content (AvgIpc) is 2.93. The van der Waals surface area contributed by atoms with Crippen LogP contribution in [-0.2, 0) is 26.5 Å². The van der Waals surface area contributed by atoms with Gasteiger partial charge in [-0.3, -0.25) is 4.98 Å². The van der Waals surface area contributed by atoms with E-state index in [2.05, 4.69) is 19.4 Å². The molecule has 0 bridgehead atoms. The van der Waals surface area contributed by atoms with E-state index in [1.165, 1.54) is 48.7 Å². The molecule has 0 saturated carbocycles. The van der Waals surface area contributed by atoms with Gasteiger partial charge in [-0.05, 0) is 71.6 Å². The van der Waals surface area contributed by atoms with Crippen molar-refractivity contribution in [2.24, 2.45) is 0 Å². The second-order valence-corrected chi connectivity index (χ2v) is 13.2. The van der Waals surface area contributed by atoms with Gasteiger partial charge in [0, 0.05) is 30.6 Å². The molecule has 0 amide bonds. The standard InChI is InChI=1S/C28H25F4N3O7S2/c1-43(36,37)35(44(2,38)39)21-5-7-22(8-6-21)40-26-10-4-20(17-34-26)23(15-18-11-13-33-14-12-18)19-3-9-24(41-27(29)30)25(16-19)42-28(31)32/h3-14,16-17,23,27-28H,15H2,1-2H3. The number of aromatic nitrogens is 2. The maximum atomic E-state index is 13.1. The molecule has 4 rings (SSSR count). The fraction of sp³-hybridized carbons (Fsp3) is 0.214. The predicted molar refractivity (Wildman–Crippen MR) is 152 cm³/mol. The Morgan fingerprint density at radius 2 is 1.34 bits per heavy atom. The lowest BCUT2D eigenvalue weighted by Crippen LogP contribution is -2.35. The summed E-state index contributed by atoms with van der Waals surface area (Å²) in [7, 11) is -8.24. The van der Waals surface area contributed by atoms with Gasteiger partial charge in [-0.1, -0.05) is 12.1 Å². The summed E-state index contributed by atoms with van der Waals surface area (Å²) in [5.41, 5.74) is 1.80. The van der Waals surface area contributed by atoms with Crippen molar-refractivity contribution in [1.82, 2.24) is 9.97 Å². The Hall–Kier alpha value is -4.44. The lowest BCUT2D eigenvalue weighted by molar-refractivity contribution is -0.0692. The number of hydrogen-bond acceptors (Lipinski definition) is 9. The summed E-state index contributed by atoms with van der Waals surface area (Å²) in [6.45, 7) is -6.53. The summed E-state index contributed by atoms with van der Waals surface area (Å²) in [5, 5.41) is 0. The smallest absolute Gasteiger partial charge is 0.387 e. The number of pyridine rings is 2. The van der Waals surface area contributed by atoms with Gasteiger partial charge in [0.1, 0.15) is 5.75 Å². The van der Waals surface area contributed by atoms with Crippen molar-refractivity contribution in [2.45, 2.75) is 25.6 Å². The maximum absolute atomic E-state index is 13.1. The van der Waals surface area contributed by atoms with E-state index in [0.29, 0.717) is 21.3 Å². The molecule has 0 aliphatic heterocycles. The van der Waals surface area contributed by atoms with Crippen molar-refractivity contribution in [3.8, 4) is 23.1 Å². The molecule has 16 heteroatoms. The molecule has 0 fully saturated rings. The summed E-state index contributed by atoms with van der Waals surface area (Å²) in [4.78, 5) is 8.31. The van der Waals surface area contributed by atoms with Crippen LogP contribution < -0.4 is 17.9 Å². The van der Waals surface area contributed by atoms with Crippen molar-refractivity contribution in [1.29, 1.82) is 0 Å². The fourth-order valence-electron chi connectivity index (χ4n) is 4.35. The lowest BCUT2D eigenvalue weighted by Gasteiger charge is -2.21. The van der Waals surface area contributed by atoms with Crippen LogP contribution in [0.2, 0.25) is 0 Å². The van der Waals surface area contributed by atoms with Gasteiger partial charge in [0.15, 0.2) is 11.5 Å². The van der Waals surface area contributed by atoms with Crippen LogP contribution >= 0.6 is 0 Å². The Labute approximate surface area is 251 Å². The largest absolute Gasteiger partial charge is 0.439 e. The number of benzene rings is 2. The number of alkyl halides is 4. The van der Waals surface area contributed by atoms with Crippen LogP contribution in [0.25, 0.3) is 0 Å². The van der Waals surface area contributed by atoms with E-state index in [9.17, 15) is 34.4 Å². The Morgan fingerprint density at radius 3 is 1.89 bits per heavy atom. The monoisotopic (exact) mass is 655 g/mol. The highest BCUT2D eigenvalue weighted by molar-refractivity contribution is 8.09. The van der Waals surface area contributed by atoms with E-state index in [1.807, 2.05) is 0 Å². The van der Waals surface area contributed by atoms with E-state index in [4.69, 9.17) is 4.74 Å². The number of ether oxygens (including phenoxy) is 3. The zero-order valence-electron chi connectivity index (χ0n) is 23.0. The molecule has 0 N–H and O–H groups in total. The Balaban J connectivity index is 1.62. The molecule has 1 atom stereocenters. The molecule has 1 unspecified atom stereocenters. The minimum Gasteiger partial charge on any atom is -0.439 e. The number of anilines is 1. The van der Waals surface area contributed by atoms with Crippen LogP contribution in [0, 0.1) is 0 Å². The van der Waals surface area contributed by atoms with Crippen LogP contribution in [0.15, 0.2) is 85.3 Å². The van der Waals surface area contributed by atoms with Gasteiger partial charge in [-0.2, -0.15) is 21.3 Å². The fourth-order valence-corrected chi connectivity index (χ4v) is 7.33. The molecule has 0 saturated heterocycles. The van der Waals surface area contributed by atoms with Gasteiger partial charge in [-0.25, -0.2) is 21.8 Å². The first kappa shape index (κ1) is 32.5. The van der Waals surface area contributed by atoms with Crippen molar-refractivity contribution >= 4 is 25.7 Å². The van der Waals surface area contributed by atoms with Crippen molar-refractivity contribution in [2.75, 3.05) is 16.2 Å². The first-order chi connectivity index (χ1) is 20.7. The van der Waals surface area contributed by atoms with Crippen LogP contribution in [0.3, 0.4) is 0 Å². The van der Waals surface area contributed by atoms with Crippen LogP contribution in [0.1, 0.15) is 22.6 Å². The third-order valence-electron chi connectivity index (χ3n) is 6.03. The van der Waals surface area contributed by atoms with Gasteiger partial charge in [-0.15, -0.1) is 0 Å². The third-order valence-corrected chi connectivity index (χ3v) is 9.28. The highest BCUT2D eigenvalue weighted by Gasteiger charge is 2.27. The van der Waals surface area contributed by atoms with Crippen LogP contribution in [0.5, 0.6) is 23.1 Å². The molecule has 0 aliphatic rings. The SMILES string of the molecule is CS(=O)(=O)N(c1ccc(Oc2ccc(C(Cc3ccncc3)c3ccc(OC(F)F)c(OC(F)F)c3)cn2)cc1)S(C)(=O)=O. The number of halogens is 4. The van der Waals surface area contributed by atoms with Crippen LogP contribution in [0.4, 0.5) is 23.2 Å². The summed E-state index contributed by atoms with van der Waals surface area (Å²) < 4.78 is 115. The topological polar surface area (TPSA) is 125 Å². The Morgan fingerprint density at radius 1 is 0.750 bits per heavy atom. The highest BCUT2D eigenvalue weighted by atomic mass is 32.3. The first-order valence-electron chi connectivity index (χ1n) is 12.6. The molecule has 0 aliphatic carbocycles. The van der Waals surface area contributed by atoms with Crippen LogP contribution in [-0.4, -0.2) is 52.5 Å². The summed E-state index contributed by atoms with van der Waals surface area (Å²) in [6, 6.07) is 15.8. The van der Waals surface area contributed by atoms with Gasteiger partial charge >= 0.3 is 13.2 Å². The van der Waals surface area contributed by atoms with E-state index < -0.39 is 50.7 Å². The summed E-state index contributed by atoms with van der Waals surface area (Å²) in [5.74, 6) is -1.24. The van der Waals surface area contributed by atoms with E-state index >= 15 is 0 Å². The molecule has 0 radical (unpaired) electrons. The zero-order valence-corrected chi connectivity index (χ0v) is 24.7. The van der Waals surface area contributed by atoms with Gasteiger partial charge in [0.25, 0.3) is 0 Å². The Bertz CT molecular complexity index is 1750. The average molecular weight is 656 g/mol. The first-order valence-corrected chi connectivity index (χ1v) is 16.3. The molecule has 4 aromatic rings. The van der Waals surface area contributed by atoms with E-state index in [-0.39, 0.29) is 17.3 Å². The molecular formula is C28H25F4N3O7S2. The molecule has 234 valence electrons. The predicted octanol–water partition coefficient (Wildman–Crippen LogP) is 5.57. The molecule has 2 heterocycles. The molecule has 44 heavy (non-hydrogen) atoms. The lowest BCUT2D eigenvalue weighted by atomic mass is 9.87. The highest BCUT2D eigenvalue weighted by Crippen LogP contribution is 2.37. The molecule has 10 nitrogen and oxygen atoms in total. The van der Waals surface area contributed by atoms with Gasteiger partial charge < -0.3 is 14.2 Å². The number of nitrogens with zero attached hydrogens (tertiary/aromatic N) is 3. The third kappa shape index (κ3) is 8.57. The van der Waals surface area contributed by atoms with Crippen molar-refractivity contribution in [3.05, 3.63) is 102 Å². The molecule has 2 aromatic heterocycles. The number of sulfonamides is 2. The van der Waals surface area contributed by atoms with E-state index in [0.717, 1.165) is 24.1 Å². The van der Waals surface area contributed by atoms with E-state index in [1.54, 1.807) is 30.6 Å². The maximum Gasteiger partial charge on any atom is 0.387 e. The summed E-state index contributed by atoms with van der Waals surface area (Å²) in [6.07, 6.45) is 6.55. The second-order valence-electron chi connectivity index (χ2n) is 9.32. The quantitative estimate of drug-likeness (QED) is 0.170. The number of hydrogen-bond donors (Lipinski definition) is 0. The van der Waals surface area contributed by atoms with Crippen molar-refractivity contribution in [3.63, 3.8) is 0 Å². The minimum absolute atomic E-state index is 0.107. The number of rotatable bonds is 13. The molecule has 0 spiro atoms. The minimum atomic E-state index is -4.12. The van der Waals surface area contributed by atoms with Gasteiger partial charge in [0.2, 0.25) is 25.9 Å². The zero-order chi connectivity index (χ0) is 32.1. The molecular weight excluding hydrogens is 630 g/mol. The summed E-state index contributed by atoms with van der Waals surface area (Å²) >= 11 is 0. The van der Waals surface area contributed by atoms with Crippen molar-refractivity contribution < 1.29 is 48.6 Å². The normalized spacial score (nSPS) is 12.6. The second kappa shape index (κ2) is 13.5. The Kier molecular flexibility index (Phi) is 9.94. The molecule has 2 aromatic carbocycles.